The number of aryl methyl sites for hydroxylation is 1. The number of ether oxygens (including phenoxy) is 2. The van der Waals surface area contributed by atoms with E-state index in [9.17, 15) is 13.2 Å². The van der Waals surface area contributed by atoms with Gasteiger partial charge in [-0.3, -0.25) is 9.89 Å². The largest absolute Gasteiger partial charge is 0.488 e. The highest BCUT2D eigenvalue weighted by molar-refractivity contribution is 14.0. The van der Waals surface area contributed by atoms with Crippen molar-refractivity contribution in [3.05, 3.63) is 29.3 Å². The van der Waals surface area contributed by atoms with Gasteiger partial charge >= 0.3 is 6.18 Å². The van der Waals surface area contributed by atoms with Crippen molar-refractivity contribution in [3.8, 4) is 5.75 Å². The molecule has 2 aliphatic rings. The van der Waals surface area contributed by atoms with Gasteiger partial charge in [0, 0.05) is 38.7 Å². The van der Waals surface area contributed by atoms with E-state index in [0.29, 0.717) is 38.7 Å². The predicted molar refractivity (Wildman–Crippen MR) is 125 cm³/mol. The molecular formula is C21H32F3IN4O2. The zero-order chi connectivity index (χ0) is 21.6. The summed E-state index contributed by atoms with van der Waals surface area (Å²) in [5.74, 6) is 1.64. The second kappa shape index (κ2) is 12.1. The Balaban J connectivity index is 0.00000341. The zero-order valence-corrected chi connectivity index (χ0v) is 20.3. The Hall–Kier alpha value is -1.27. The third-order valence-electron chi connectivity index (χ3n) is 5.41. The van der Waals surface area contributed by atoms with E-state index in [0.717, 1.165) is 36.3 Å². The van der Waals surface area contributed by atoms with Gasteiger partial charge in [-0.15, -0.1) is 24.0 Å². The smallest absolute Gasteiger partial charge is 0.401 e. The van der Waals surface area contributed by atoms with Crippen LogP contribution in [-0.2, 0) is 11.3 Å². The first-order chi connectivity index (χ1) is 14.3. The first kappa shape index (κ1) is 26.0. The van der Waals surface area contributed by atoms with E-state index >= 15 is 0 Å². The van der Waals surface area contributed by atoms with Gasteiger partial charge in [0.25, 0.3) is 0 Å². The molecule has 0 bridgehead atoms. The quantitative estimate of drug-likeness (QED) is 0.307. The molecular weight excluding hydrogens is 524 g/mol. The molecule has 1 aromatic carbocycles. The van der Waals surface area contributed by atoms with Crippen molar-refractivity contribution in [3.63, 3.8) is 0 Å². The predicted octanol–water partition coefficient (Wildman–Crippen LogP) is 3.33. The van der Waals surface area contributed by atoms with Gasteiger partial charge in [0.15, 0.2) is 5.96 Å². The van der Waals surface area contributed by atoms with E-state index in [-0.39, 0.29) is 36.0 Å². The van der Waals surface area contributed by atoms with Crippen molar-refractivity contribution < 1.29 is 22.6 Å². The van der Waals surface area contributed by atoms with Gasteiger partial charge in [-0.2, -0.15) is 13.2 Å². The monoisotopic (exact) mass is 556 g/mol. The van der Waals surface area contributed by atoms with E-state index in [1.165, 1.54) is 4.90 Å². The summed E-state index contributed by atoms with van der Waals surface area (Å²) in [4.78, 5) is 5.70. The second-order valence-electron chi connectivity index (χ2n) is 8.03. The minimum absolute atomic E-state index is 0. The number of hydrogen-bond donors (Lipinski definition) is 2. The molecule has 0 radical (unpaired) electrons. The molecule has 0 spiro atoms. The summed E-state index contributed by atoms with van der Waals surface area (Å²) in [7, 11) is 1.68. The van der Waals surface area contributed by atoms with Crippen LogP contribution in [0.25, 0.3) is 0 Å². The van der Waals surface area contributed by atoms with Crippen molar-refractivity contribution in [2.75, 3.05) is 46.4 Å². The number of aliphatic imine (C=N–C) groups is 1. The molecule has 2 unspecified atom stereocenters. The number of halogens is 4. The summed E-state index contributed by atoms with van der Waals surface area (Å²) < 4.78 is 49.2. The number of guanidine groups is 1. The van der Waals surface area contributed by atoms with Crippen molar-refractivity contribution in [2.45, 2.75) is 38.6 Å². The van der Waals surface area contributed by atoms with Crippen molar-refractivity contribution in [1.29, 1.82) is 0 Å². The summed E-state index contributed by atoms with van der Waals surface area (Å²) in [5, 5.41) is 6.52. The van der Waals surface area contributed by atoms with E-state index in [4.69, 9.17) is 9.47 Å². The second-order valence-corrected chi connectivity index (χ2v) is 8.03. The highest BCUT2D eigenvalue weighted by atomic mass is 127. The van der Waals surface area contributed by atoms with E-state index in [2.05, 4.69) is 15.6 Å². The Morgan fingerprint density at radius 3 is 2.77 bits per heavy atom. The molecule has 31 heavy (non-hydrogen) atoms. The summed E-state index contributed by atoms with van der Waals surface area (Å²) in [5.41, 5.74) is 2.15. The van der Waals surface area contributed by atoms with Crippen LogP contribution in [-0.4, -0.2) is 69.6 Å². The average molecular weight is 556 g/mol. The molecule has 3 rings (SSSR count). The maximum Gasteiger partial charge on any atom is 0.401 e. The van der Waals surface area contributed by atoms with Crippen molar-refractivity contribution >= 4 is 29.9 Å². The van der Waals surface area contributed by atoms with Gasteiger partial charge in [0.05, 0.1) is 19.8 Å². The number of alkyl halides is 3. The molecule has 2 aliphatic heterocycles. The Bertz CT molecular complexity index is 727. The minimum Gasteiger partial charge on any atom is -0.488 e. The molecule has 0 aliphatic carbocycles. The Kier molecular flexibility index (Phi) is 10.1. The number of likely N-dealkylation sites (tertiary alicyclic amines) is 1. The molecule has 2 fully saturated rings. The highest BCUT2D eigenvalue weighted by Gasteiger charge is 2.34. The third kappa shape index (κ3) is 8.64. The lowest BCUT2D eigenvalue weighted by Crippen LogP contribution is -2.40. The normalized spacial score (nSPS) is 22.3. The van der Waals surface area contributed by atoms with Crippen LogP contribution in [0.3, 0.4) is 0 Å². The van der Waals surface area contributed by atoms with Crippen LogP contribution in [0.2, 0.25) is 0 Å². The zero-order valence-electron chi connectivity index (χ0n) is 18.0. The lowest BCUT2D eigenvalue weighted by Gasteiger charge is -2.19. The van der Waals surface area contributed by atoms with Crippen LogP contribution in [0, 0.1) is 12.8 Å². The molecule has 2 heterocycles. The maximum absolute atomic E-state index is 12.5. The SMILES string of the molecule is CN=C(NCc1ccc(C)cc1OC1CCOC1)NCC1CCN(CC(F)(F)F)C1.I. The molecule has 1 aromatic rings. The van der Waals surface area contributed by atoms with Gasteiger partial charge in [-0.05, 0) is 37.4 Å². The fourth-order valence-electron chi connectivity index (χ4n) is 3.82. The van der Waals surface area contributed by atoms with Gasteiger partial charge in [0.2, 0.25) is 0 Å². The fourth-order valence-corrected chi connectivity index (χ4v) is 3.82. The van der Waals surface area contributed by atoms with Crippen LogP contribution in [0.15, 0.2) is 23.2 Å². The first-order valence-corrected chi connectivity index (χ1v) is 10.4. The fraction of sp³-hybridized carbons (Fsp3) is 0.667. The van der Waals surface area contributed by atoms with Gasteiger partial charge in [0.1, 0.15) is 11.9 Å². The standard InChI is InChI=1S/C21H31F3N4O2.HI/c1-15-3-4-17(19(9-15)30-18-6-8-29-13-18)11-27-20(25-2)26-10-16-5-7-28(12-16)14-21(22,23)24;/h3-4,9,16,18H,5-8,10-14H2,1-2H3,(H2,25,26,27);1H. The molecule has 6 nitrogen and oxygen atoms in total. The molecule has 0 aromatic heterocycles. The molecule has 0 saturated carbocycles. The lowest BCUT2D eigenvalue weighted by molar-refractivity contribution is -0.143. The van der Waals surface area contributed by atoms with Crippen LogP contribution >= 0.6 is 24.0 Å². The number of nitrogens with zero attached hydrogens (tertiary/aromatic N) is 2. The van der Waals surface area contributed by atoms with E-state index in [1.54, 1.807) is 7.05 Å². The third-order valence-corrected chi connectivity index (χ3v) is 5.41. The van der Waals surface area contributed by atoms with Crippen LogP contribution in [0.4, 0.5) is 13.2 Å². The van der Waals surface area contributed by atoms with Gasteiger partial charge in [-0.1, -0.05) is 12.1 Å². The van der Waals surface area contributed by atoms with Crippen LogP contribution in [0.5, 0.6) is 5.75 Å². The summed E-state index contributed by atoms with van der Waals surface area (Å²) >= 11 is 0. The number of benzene rings is 1. The minimum atomic E-state index is -4.14. The summed E-state index contributed by atoms with van der Waals surface area (Å²) in [6, 6.07) is 6.10. The van der Waals surface area contributed by atoms with Gasteiger partial charge < -0.3 is 20.1 Å². The highest BCUT2D eigenvalue weighted by Crippen LogP contribution is 2.24. The molecule has 2 atom stereocenters. The molecule has 2 saturated heterocycles. The van der Waals surface area contributed by atoms with E-state index < -0.39 is 12.7 Å². The lowest BCUT2D eigenvalue weighted by atomic mass is 10.1. The Labute approximate surface area is 199 Å². The molecule has 176 valence electrons. The number of rotatable bonds is 7. The van der Waals surface area contributed by atoms with Crippen molar-refractivity contribution in [1.82, 2.24) is 15.5 Å². The summed E-state index contributed by atoms with van der Waals surface area (Å²) in [6.07, 6.45) is -2.43. The maximum atomic E-state index is 12.5. The topological polar surface area (TPSA) is 58.1 Å². The van der Waals surface area contributed by atoms with Gasteiger partial charge in [-0.25, -0.2) is 0 Å². The first-order valence-electron chi connectivity index (χ1n) is 10.4. The van der Waals surface area contributed by atoms with Crippen molar-refractivity contribution in [2.24, 2.45) is 10.9 Å². The Morgan fingerprint density at radius 2 is 2.10 bits per heavy atom. The van der Waals surface area contributed by atoms with E-state index in [1.807, 2.05) is 25.1 Å². The Morgan fingerprint density at radius 1 is 1.29 bits per heavy atom. The molecule has 2 N–H and O–H groups in total. The number of nitrogens with one attached hydrogen (secondary N) is 2. The number of hydrogen-bond acceptors (Lipinski definition) is 4. The molecule has 10 heteroatoms. The molecule has 0 amide bonds. The van der Waals surface area contributed by atoms with Crippen LogP contribution < -0.4 is 15.4 Å². The average Bonchev–Trinajstić information content (AvgIpc) is 3.34. The summed E-state index contributed by atoms with van der Waals surface area (Å²) in [6.45, 7) is 4.57. The van der Waals surface area contributed by atoms with Crippen LogP contribution in [0.1, 0.15) is 24.0 Å².